The number of phenols is 1. The molecule has 11 atom stereocenters. The largest absolute Gasteiger partial charge is 0.504 e. The molecule has 0 unspecified atom stereocenters. The van der Waals surface area contributed by atoms with E-state index in [4.69, 9.17) is 18.9 Å². The van der Waals surface area contributed by atoms with Gasteiger partial charge in [0, 0.05) is 18.6 Å². The highest BCUT2D eigenvalue weighted by Gasteiger charge is 2.46. The molecular formula is C30H35NO16. The summed E-state index contributed by atoms with van der Waals surface area (Å²) >= 11 is 0. The van der Waals surface area contributed by atoms with Gasteiger partial charge in [-0.1, -0.05) is 12.1 Å². The van der Waals surface area contributed by atoms with Crippen LogP contribution in [-0.2, 0) is 25.5 Å². The maximum absolute atomic E-state index is 13.4. The zero-order chi connectivity index (χ0) is 34.2. The zero-order valence-electron chi connectivity index (χ0n) is 24.5. The van der Waals surface area contributed by atoms with Crippen molar-refractivity contribution >= 4 is 23.6 Å². The van der Waals surface area contributed by atoms with Gasteiger partial charge in [-0.2, -0.15) is 0 Å². The fourth-order valence-electron chi connectivity index (χ4n) is 5.51. The molecule has 10 N–H and O–H groups in total. The van der Waals surface area contributed by atoms with Gasteiger partial charge in [0.05, 0.1) is 18.9 Å². The molecule has 0 saturated carbocycles. The van der Waals surface area contributed by atoms with Crippen LogP contribution in [0.15, 0.2) is 42.5 Å². The average molecular weight is 666 g/mol. The number of carboxylic acid groups (broad SMARTS) is 1. The number of hydrogen-bond donors (Lipinski definition) is 10. The van der Waals surface area contributed by atoms with Crippen molar-refractivity contribution in [3.05, 3.63) is 53.6 Å². The Bertz CT molecular complexity index is 1460. The molecular weight excluding hydrogens is 630 g/mol. The fraction of sp³-hybridized carbons (Fsp3) is 0.467. The van der Waals surface area contributed by atoms with Gasteiger partial charge >= 0.3 is 5.97 Å². The minimum absolute atomic E-state index is 0.0766. The van der Waals surface area contributed by atoms with Crippen LogP contribution >= 0.6 is 0 Å². The van der Waals surface area contributed by atoms with Crippen LogP contribution in [0.25, 0.3) is 6.08 Å². The summed E-state index contributed by atoms with van der Waals surface area (Å²) in [5.41, 5.74) is 0.850. The first-order chi connectivity index (χ1) is 22.3. The highest BCUT2D eigenvalue weighted by atomic mass is 16.7. The number of aliphatic hydroxyl groups excluding tert-OH is 8. The molecule has 47 heavy (non-hydrogen) atoms. The number of fused-ring (bicyclic) bond motifs is 1. The SMILES string of the molecule is O=C(O)[C@H]1Cc2cc(O)c(O[C@H]3O[C@H](CO)[C@H](O)[C@@H](O)[C@@H]3O)cc2N1C(=O)C=Cc1ccc(O[C@H]2O[C@H](CO)[C@H](O)[C@H](O)[C@H]2O)cc1. The number of hydrogen-bond acceptors (Lipinski definition) is 15. The minimum Gasteiger partial charge on any atom is -0.504 e. The van der Waals surface area contributed by atoms with Crippen molar-refractivity contribution in [2.75, 3.05) is 18.1 Å². The average Bonchev–Trinajstić information content (AvgIpc) is 3.43. The van der Waals surface area contributed by atoms with Crippen molar-refractivity contribution < 1.29 is 79.6 Å². The molecule has 1 amide bonds. The van der Waals surface area contributed by atoms with E-state index >= 15 is 0 Å². The van der Waals surface area contributed by atoms with Crippen LogP contribution in [-0.4, -0.2) is 144 Å². The van der Waals surface area contributed by atoms with Crippen LogP contribution in [0.1, 0.15) is 11.1 Å². The number of phenolic OH excluding ortho intramolecular Hbond substituents is 1. The standard InChI is InChI=1S/C30H35NO16/c32-10-19-22(36)24(38)26(40)29(46-19)44-14-4-1-12(2-5-14)3-6-21(35)31-15-9-18(17(34)8-13(15)7-16(31)28(42)43)45-30-27(41)25(39)23(37)20(11-33)47-30/h1-6,8-9,16,19-20,22-27,29-30,32-34,36-41H,7,10-11H2,(H,42,43)/t16-,19-,20-,22+,23+,24+,25-,26-,27+,29+,30+/m1/s1. The number of benzene rings is 2. The number of anilines is 1. The predicted octanol–water partition coefficient (Wildman–Crippen LogP) is -3.19. The summed E-state index contributed by atoms with van der Waals surface area (Å²) in [4.78, 5) is 26.4. The Kier molecular flexibility index (Phi) is 10.3. The molecule has 3 aliphatic rings. The lowest BCUT2D eigenvalue weighted by molar-refractivity contribution is -0.277. The van der Waals surface area contributed by atoms with Crippen molar-refractivity contribution in [3.8, 4) is 17.2 Å². The van der Waals surface area contributed by atoms with Crippen molar-refractivity contribution in [1.82, 2.24) is 0 Å². The van der Waals surface area contributed by atoms with E-state index in [-0.39, 0.29) is 23.6 Å². The number of aromatic hydroxyl groups is 1. The van der Waals surface area contributed by atoms with Crippen molar-refractivity contribution in [3.63, 3.8) is 0 Å². The number of carbonyl (C=O) groups is 2. The maximum Gasteiger partial charge on any atom is 0.327 e. The van der Waals surface area contributed by atoms with Crippen LogP contribution in [0.3, 0.4) is 0 Å². The molecule has 0 bridgehead atoms. The number of aliphatic carboxylic acids is 1. The van der Waals surface area contributed by atoms with Gasteiger partial charge in [-0.15, -0.1) is 0 Å². The summed E-state index contributed by atoms with van der Waals surface area (Å²) in [6.07, 6.45) is -13.1. The van der Waals surface area contributed by atoms with Gasteiger partial charge in [0.2, 0.25) is 12.6 Å². The van der Waals surface area contributed by atoms with Crippen LogP contribution < -0.4 is 14.4 Å². The Labute approximate surface area is 266 Å². The summed E-state index contributed by atoms with van der Waals surface area (Å²) in [6, 6.07) is 6.99. The van der Waals surface area contributed by atoms with Crippen LogP contribution in [0.4, 0.5) is 5.69 Å². The molecule has 3 heterocycles. The second kappa shape index (κ2) is 14.1. The molecule has 17 heteroatoms. The van der Waals surface area contributed by atoms with E-state index in [1.54, 1.807) is 0 Å². The number of ether oxygens (including phenoxy) is 4. The number of amides is 1. The van der Waals surface area contributed by atoms with Gasteiger partial charge in [-0.05, 0) is 35.4 Å². The third-order valence-electron chi connectivity index (χ3n) is 8.16. The smallest absolute Gasteiger partial charge is 0.327 e. The predicted molar refractivity (Wildman–Crippen MR) is 155 cm³/mol. The van der Waals surface area contributed by atoms with E-state index in [2.05, 4.69) is 0 Å². The second-order valence-electron chi connectivity index (χ2n) is 11.2. The molecule has 0 radical (unpaired) electrons. The number of carbonyl (C=O) groups excluding carboxylic acids is 1. The first kappa shape index (κ1) is 34.5. The number of rotatable bonds is 9. The van der Waals surface area contributed by atoms with Crippen LogP contribution in [0, 0.1) is 0 Å². The summed E-state index contributed by atoms with van der Waals surface area (Å²) in [7, 11) is 0. The Hall–Kier alpha value is -3.88. The van der Waals surface area contributed by atoms with Crippen LogP contribution in [0.5, 0.6) is 17.2 Å². The maximum atomic E-state index is 13.4. The lowest BCUT2D eigenvalue weighted by Crippen LogP contribution is -2.60. The van der Waals surface area contributed by atoms with Gasteiger partial charge in [0.15, 0.2) is 11.5 Å². The molecule has 3 aliphatic heterocycles. The second-order valence-corrected chi connectivity index (χ2v) is 11.2. The first-order valence-corrected chi connectivity index (χ1v) is 14.5. The molecule has 5 rings (SSSR count). The van der Waals surface area contributed by atoms with Gasteiger partial charge in [-0.3, -0.25) is 9.69 Å². The van der Waals surface area contributed by atoms with E-state index in [1.165, 1.54) is 42.5 Å². The molecule has 256 valence electrons. The Morgan fingerprint density at radius 1 is 0.809 bits per heavy atom. The minimum atomic E-state index is -1.79. The Morgan fingerprint density at radius 2 is 1.36 bits per heavy atom. The molecule has 2 saturated heterocycles. The van der Waals surface area contributed by atoms with E-state index in [0.29, 0.717) is 11.1 Å². The summed E-state index contributed by atoms with van der Waals surface area (Å²) in [5.74, 6) is -2.71. The van der Waals surface area contributed by atoms with E-state index in [0.717, 1.165) is 11.0 Å². The monoisotopic (exact) mass is 665 g/mol. The zero-order valence-corrected chi connectivity index (χ0v) is 24.5. The molecule has 2 aromatic carbocycles. The number of aliphatic hydroxyl groups is 8. The molecule has 2 aromatic rings. The highest BCUT2D eigenvalue weighted by Crippen LogP contribution is 2.42. The molecule has 0 aromatic heterocycles. The van der Waals surface area contributed by atoms with Gasteiger partial charge in [-0.25, -0.2) is 4.79 Å². The van der Waals surface area contributed by atoms with E-state index in [9.17, 15) is 60.7 Å². The topological polar surface area (TPSA) is 277 Å². The lowest BCUT2D eigenvalue weighted by atomic mass is 9.99. The third-order valence-corrected chi connectivity index (χ3v) is 8.16. The molecule has 2 fully saturated rings. The molecule has 0 spiro atoms. The Morgan fingerprint density at radius 3 is 1.89 bits per heavy atom. The molecule has 0 aliphatic carbocycles. The normalized spacial score (nSPS) is 33.9. The van der Waals surface area contributed by atoms with Crippen molar-refractivity contribution in [1.29, 1.82) is 0 Å². The fourth-order valence-corrected chi connectivity index (χ4v) is 5.51. The summed E-state index contributed by atoms with van der Waals surface area (Å²) < 4.78 is 21.7. The lowest BCUT2D eigenvalue weighted by Gasteiger charge is -2.39. The van der Waals surface area contributed by atoms with E-state index in [1.807, 2.05) is 0 Å². The van der Waals surface area contributed by atoms with Gasteiger partial charge in [0.25, 0.3) is 5.91 Å². The van der Waals surface area contributed by atoms with Crippen molar-refractivity contribution in [2.45, 2.75) is 73.9 Å². The van der Waals surface area contributed by atoms with Gasteiger partial charge in [0.1, 0.15) is 60.6 Å². The summed E-state index contributed by atoms with van der Waals surface area (Å²) in [5, 5.41) is 99.6. The third kappa shape index (κ3) is 6.90. The van der Waals surface area contributed by atoms with Crippen molar-refractivity contribution in [2.24, 2.45) is 0 Å². The highest BCUT2D eigenvalue weighted by molar-refractivity contribution is 6.09. The Balaban J connectivity index is 1.31. The van der Waals surface area contributed by atoms with E-state index < -0.39 is 98.3 Å². The first-order valence-electron chi connectivity index (χ1n) is 14.5. The summed E-state index contributed by atoms with van der Waals surface area (Å²) in [6.45, 7) is -1.34. The van der Waals surface area contributed by atoms with Crippen LogP contribution in [0.2, 0.25) is 0 Å². The number of carboxylic acids is 1. The van der Waals surface area contributed by atoms with Gasteiger partial charge < -0.3 is 70.0 Å². The molecule has 17 nitrogen and oxygen atoms in total. The quantitative estimate of drug-likeness (QED) is 0.118. The number of nitrogens with zero attached hydrogens (tertiary/aromatic N) is 1.